The summed E-state index contributed by atoms with van der Waals surface area (Å²) < 4.78 is 18.1. The van der Waals surface area contributed by atoms with Crippen molar-refractivity contribution < 1.29 is 19.0 Å². The lowest BCUT2D eigenvalue weighted by molar-refractivity contribution is -0.242. The van der Waals surface area contributed by atoms with Gasteiger partial charge in [0, 0.05) is 25.2 Å². The van der Waals surface area contributed by atoms with E-state index in [1.165, 1.54) is 32.6 Å². The first-order valence-corrected chi connectivity index (χ1v) is 11.0. The van der Waals surface area contributed by atoms with Crippen LogP contribution in [0.1, 0.15) is 72.1 Å². The molecule has 27 heavy (non-hydrogen) atoms. The molecule has 0 aromatic rings. The quantitative estimate of drug-likeness (QED) is 0.496. The molecular formula is C23H34O4. The first kappa shape index (κ1) is 18.2. The van der Waals surface area contributed by atoms with E-state index in [0.29, 0.717) is 5.92 Å². The maximum atomic E-state index is 11.4. The van der Waals surface area contributed by atoms with Crippen LogP contribution in [0.4, 0.5) is 0 Å². The molecule has 1 saturated heterocycles. The highest BCUT2D eigenvalue weighted by atomic mass is 16.7. The summed E-state index contributed by atoms with van der Waals surface area (Å²) in [6, 6.07) is 0. The SMILES string of the molecule is CC(=O)O[C@H]1CC[C@@]2(C)C(=CC[C@H]3C4CCC5(OCCO5)[C@@]4(C)CC[C@@H]32)C1. The lowest BCUT2D eigenvalue weighted by Crippen LogP contribution is -2.55. The van der Waals surface area contributed by atoms with Crippen molar-refractivity contribution in [2.45, 2.75) is 84.0 Å². The minimum atomic E-state index is -0.305. The van der Waals surface area contributed by atoms with Crippen LogP contribution in [-0.2, 0) is 19.0 Å². The van der Waals surface area contributed by atoms with Gasteiger partial charge in [-0.15, -0.1) is 0 Å². The van der Waals surface area contributed by atoms with Crippen LogP contribution in [0.2, 0.25) is 0 Å². The Morgan fingerprint density at radius 2 is 1.81 bits per heavy atom. The zero-order valence-corrected chi connectivity index (χ0v) is 17.1. The molecule has 4 aliphatic carbocycles. The summed E-state index contributed by atoms with van der Waals surface area (Å²) in [6.45, 7) is 8.00. The number of carbonyl (C=O) groups excluding carboxylic acids is 1. The second kappa shape index (κ2) is 6.06. The van der Waals surface area contributed by atoms with Crippen molar-refractivity contribution in [1.82, 2.24) is 0 Å². The molecule has 4 fully saturated rings. The maximum Gasteiger partial charge on any atom is 0.302 e. The summed E-state index contributed by atoms with van der Waals surface area (Å²) in [4.78, 5) is 11.4. The van der Waals surface area contributed by atoms with Crippen molar-refractivity contribution >= 4 is 5.97 Å². The minimum absolute atomic E-state index is 0.0854. The second-order valence-corrected chi connectivity index (χ2v) is 10.2. The summed E-state index contributed by atoms with van der Waals surface area (Å²) in [7, 11) is 0. The lowest BCUT2D eigenvalue weighted by Gasteiger charge is -2.58. The molecule has 0 bridgehead atoms. The molecule has 0 radical (unpaired) electrons. The second-order valence-electron chi connectivity index (χ2n) is 10.2. The van der Waals surface area contributed by atoms with E-state index in [2.05, 4.69) is 19.9 Å². The normalized spacial score (nSPS) is 47.7. The molecule has 4 nitrogen and oxygen atoms in total. The molecule has 3 saturated carbocycles. The van der Waals surface area contributed by atoms with Gasteiger partial charge in [-0.3, -0.25) is 4.79 Å². The number of hydrogen-bond acceptors (Lipinski definition) is 4. The smallest absolute Gasteiger partial charge is 0.302 e. The third kappa shape index (κ3) is 2.45. The summed E-state index contributed by atoms with van der Waals surface area (Å²) in [6.07, 6.45) is 11.7. The van der Waals surface area contributed by atoms with E-state index in [1.54, 1.807) is 5.57 Å². The van der Waals surface area contributed by atoms with Crippen LogP contribution < -0.4 is 0 Å². The van der Waals surface area contributed by atoms with Crippen molar-refractivity contribution in [1.29, 1.82) is 0 Å². The topological polar surface area (TPSA) is 44.8 Å². The fourth-order valence-corrected chi connectivity index (χ4v) is 7.85. The van der Waals surface area contributed by atoms with Gasteiger partial charge in [0.1, 0.15) is 6.10 Å². The Bertz CT molecular complexity index is 663. The predicted octanol–water partition coefficient (Wildman–Crippen LogP) is 4.62. The van der Waals surface area contributed by atoms with E-state index >= 15 is 0 Å². The van der Waals surface area contributed by atoms with Gasteiger partial charge in [-0.25, -0.2) is 0 Å². The Hall–Kier alpha value is -0.870. The molecule has 4 heteroatoms. The van der Waals surface area contributed by atoms with Gasteiger partial charge in [0.25, 0.3) is 0 Å². The molecule has 1 spiro atoms. The monoisotopic (exact) mass is 374 g/mol. The number of carbonyl (C=O) groups is 1. The van der Waals surface area contributed by atoms with Gasteiger partial charge in [-0.05, 0) is 61.7 Å². The fraction of sp³-hybridized carbons (Fsp3) is 0.870. The van der Waals surface area contributed by atoms with Crippen LogP contribution in [0.15, 0.2) is 11.6 Å². The summed E-state index contributed by atoms with van der Waals surface area (Å²) in [5.74, 6) is 1.76. The van der Waals surface area contributed by atoms with Crippen molar-refractivity contribution in [3.8, 4) is 0 Å². The number of allylic oxidation sites excluding steroid dienone is 1. The van der Waals surface area contributed by atoms with Gasteiger partial charge in [-0.1, -0.05) is 25.5 Å². The number of ether oxygens (including phenoxy) is 3. The van der Waals surface area contributed by atoms with Crippen LogP contribution in [0.3, 0.4) is 0 Å². The third-order valence-corrected chi connectivity index (χ3v) is 9.19. The molecule has 0 N–H and O–H groups in total. The Labute approximate surface area is 163 Å². The molecule has 1 heterocycles. The zero-order chi connectivity index (χ0) is 18.9. The van der Waals surface area contributed by atoms with Gasteiger partial charge in [0.15, 0.2) is 5.79 Å². The highest BCUT2D eigenvalue weighted by Gasteiger charge is 2.66. The molecule has 150 valence electrons. The molecule has 0 aromatic heterocycles. The van der Waals surface area contributed by atoms with Crippen molar-refractivity contribution in [3.63, 3.8) is 0 Å². The third-order valence-electron chi connectivity index (χ3n) is 9.19. The van der Waals surface area contributed by atoms with Crippen LogP contribution >= 0.6 is 0 Å². The van der Waals surface area contributed by atoms with Gasteiger partial charge in [0.2, 0.25) is 0 Å². The standard InChI is InChI=1S/C23H34O4/c1-15(24)27-17-6-9-21(2)16(14-17)4-5-18-19(21)7-10-22(3)20(18)8-11-23(22)25-12-13-26-23/h4,17-20H,5-14H2,1-3H3/t17-,18+,19-,20?,21-,22-/m0/s1. The summed E-state index contributed by atoms with van der Waals surface area (Å²) in [5.41, 5.74) is 2.01. The molecule has 6 atom stereocenters. The summed E-state index contributed by atoms with van der Waals surface area (Å²) >= 11 is 0. The largest absolute Gasteiger partial charge is 0.462 e. The molecule has 5 aliphatic rings. The summed E-state index contributed by atoms with van der Waals surface area (Å²) in [5, 5.41) is 0. The van der Waals surface area contributed by atoms with Crippen molar-refractivity contribution in [2.24, 2.45) is 28.6 Å². The molecule has 5 rings (SSSR count). The van der Waals surface area contributed by atoms with Crippen LogP contribution in [0.25, 0.3) is 0 Å². The van der Waals surface area contributed by atoms with Gasteiger partial charge < -0.3 is 14.2 Å². The lowest BCUT2D eigenvalue weighted by atomic mass is 9.47. The first-order valence-electron chi connectivity index (χ1n) is 11.0. The van der Waals surface area contributed by atoms with E-state index < -0.39 is 0 Å². The number of esters is 1. The highest BCUT2D eigenvalue weighted by molar-refractivity contribution is 5.66. The number of rotatable bonds is 1. The van der Waals surface area contributed by atoms with Gasteiger partial charge in [0.05, 0.1) is 13.2 Å². The molecule has 1 aliphatic heterocycles. The molecule has 0 amide bonds. The number of fused-ring (bicyclic) bond motifs is 6. The van der Waals surface area contributed by atoms with E-state index in [0.717, 1.165) is 50.7 Å². The first-order chi connectivity index (χ1) is 12.9. The number of hydrogen-bond donors (Lipinski definition) is 0. The van der Waals surface area contributed by atoms with Crippen LogP contribution in [-0.4, -0.2) is 31.1 Å². The van der Waals surface area contributed by atoms with Crippen molar-refractivity contribution in [3.05, 3.63) is 11.6 Å². The average molecular weight is 375 g/mol. The van der Waals surface area contributed by atoms with Gasteiger partial charge in [-0.2, -0.15) is 0 Å². The Balaban J connectivity index is 1.41. The molecule has 1 unspecified atom stereocenters. The minimum Gasteiger partial charge on any atom is -0.462 e. The van der Waals surface area contributed by atoms with Gasteiger partial charge >= 0.3 is 5.97 Å². The van der Waals surface area contributed by atoms with E-state index in [4.69, 9.17) is 14.2 Å². The Morgan fingerprint density at radius 1 is 1.07 bits per heavy atom. The fourth-order valence-electron chi connectivity index (χ4n) is 7.85. The van der Waals surface area contributed by atoms with E-state index in [-0.39, 0.29) is 28.7 Å². The predicted molar refractivity (Wildman–Crippen MR) is 102 cm³/mol. The molecule has 0 aromatic carbocycles. The van der Waals surface area contributed by atoms with E-state index in [1.807, 2.05) is 0 Å². The van der Waals surface area contributed by atoms with E-state index in [9.17, 15) is 4.79 Å². The van der Waals surface area contributed by atoms with Crippen LogP contribution in [0.5, 0.6) is 0 Å². The van der Waals surface area contributed by atoms with Crippen LogP contribution in [0, 0.1) is 28.6 Å². The Morgan fingerprint density at radius 3 is 2.56 bits per heavy atom. The molecular weight excluding hydrogens is 340 g/mol. The van der Waals surface area contributed by atoms with Crippen molar-refractivity contribution in [2.75, 3.05) is 13.2 Å². The zero-order valence-electron chi connectivity index (χ0n) is 17.1. The average Bonchev–Trinajstić information content (AvgIpc) is 3.21. The highest BCUT2D eigenvalue weighted by Crippen LogP contribution is 2.68. The maximum absolute atomic E-state index is 11.4. The Kier molecular flexibility index (Phi) is 4.08.